The van der Waals surface area contributed by atoms with E-state index < -0.39 is 0 Å². The van der Waals surface area contributed by atoms with Crippen LogP contribution in [0.2, 0.25) is 0 Å². The quantitative estimate of drug-likeness (QED) is 0.622. The van der Waals surface area contributed by atoms with Crippen molar-refractivity contribution in [2.45, 2.75) is 64.3 Å². The van der Waals surface area contributed by atoms with E-state index in [0.717, 1.165) is 26.1 Å². The molecule has 1 amide bonds. The van der Waals surface area contributed by atoms with Crippen LogP contribution in [0, 0.1) is 17.8 Å². The van der Waals surface area contributed by atoms with Crippen molar-refractivity contribution in [3.63, 3.8) is 0 Å². The van der Waals surface area contributed by atoms with Gasteiger partial charge in [0.2, 0.25) is 5.91 Å². The van der Waals surface area contributed by atoms with Crippen LogP contribution in [0.25, 0.3) is 0 Å². The summed E-state index contributed by atoms with van der Waals surface area (Å²) in [4.78, 5) is 23.4. The average molecular weight is 339 g/mol. The van der Waals surface area contributed by atoms with Crippen LogP contribution in [0.4, 0.5) is 0 Å². The first-order valence-electron chi connectivity index (χ1n) is 9.51. The summed E-state index contributed by atoms with van der Waals surface area (Å²) >= 11 is 0. The molecule has 0 aromatic rings. The lowest BCUT2D eigenvalue weighted by Gasteiger charge is -2.34. The van der Waals surface area contributed by atoms with Crippen LogP contribution in [0.15, 0.2) is 0 Å². The second kappa shape index (κ2) is 10.1. The molecule has 24 heavy (non-hydrogen) atoms. The number of methoxy groups -OCH3 is 1. The molecule has 5 nitrogen and oxygen atoms in total. The summed E-state index contributed by atoms with van der Waals surface area (Å²) in [6.07, 6.45) is 7.50. The number of rotatable bonds is 10. The Balaban J connectivity index is 1.47. The Morgan fingerprint density at radius 3 is 2.25 bits per heavy atom. The zero-order valence-electron chi connectivity index (χ0n) is 15.2. The lowest BCUT2D eigenvalue weighted by molar-refractivity contribution is -0.129. The van der Waals surface area contributed by atoms with Gasteiger partial charge in [0.05, 0.1) is 6.61 Å². The molecule has 0 heterocycles. The summed E-state index contributed by atoms with van der Waals surface area (Å²) in [5, 5.41) is 3.00. The largest absolute Gasteiger partial charge is 0.384 e. The smallest absolute Gasteiger partial charge is 0.222 e. The molecule has 1 N–H and O–H groups in total. The zero-order chi connectivity index (χ0) is 17.4. The molecule has 2 aliphatic rings. The van der Waals surface area contributed by atoms with Gasteiger partial charge in [-0.1, -0.05) is 6.92 Å². The second-order valence-corrected chi connectivity index (χ2v) is 7.42. The molecular formula is C19H33NO4. The van der Waals surface area contributed by atoms with E-state index in [9.17, 15) is 9.59 Å². The molecule has 2 aliphatic carbocycles. The van der Waals surface area contributed by atoms with Crippen LogP contribution in [0.3, 0.4) is 0 Å². The molecular weight excluding hydrogens is 306 g/mol. The summed E-state index contributed by atoms with van der Waals surface area (Å²) in [6, 6.07) is 0.189. The van der Waals surface area contributed by atoms with Crippen LogP contribution >= 0.6 is 0 Å². The SMILES string of the molecule is CCC(=O)C1CC(NC(=O)CCOCC2CCC(COC)CC2)C1. The number of amides is 1. The van der Waals surface area contributed by atoms with Gasteiger partial charge in [-0.05, 0) is 50.4 Å². The molecule has 0 bridgehead atoms. The fraction of sp³-hybridized carbons (Fsp3) is 0.895. The third-order valence-corrected chi connectivity index (χ3v) is 5.50. The van der Waals surface area contributed by atoms with E-state index >= 15 is 0 Å². The van der Waals surface area contributed by atoms with Crippen molar-refractivity contribution in [1.29, 1.82) is 0 Å². The van der Waals surface area contributed by atoms with E-state index in [0.29, 0.717) is 37.1 Å². The first-order valence-corrected chi connectivity index (χ1v) is 9.51. The fourth-order valence-corrected chi connectivity index (χ4v) is 3.80. The van der Waals surface area contributed by atoms with Gasteiger partial charge in [0, 0.05) is 45.1 Å². The highest BCUT2D eigenvalue weighted by Crippen LogP contribution is 2.30. The van der Waals surface area contributed by atoms with Crippen LogP contribution < -0.4 is 5.32 Å². The molecule has 0 radical (unpaired) electrons. The normalized spacial score (nSPS) is 29.8. The zero-order valence-corrected chi connectivity index (χ0v) is 15.2. The van der Waals surface area contributed by atoms with Crippen molar-refractivity contribution in [1.82, 2.24) is 5.32 Å². The van der Waals surface area contributed by atoms with E-state index in [4.69, 9.17) is 9.47 Å². The molecule has 138 valence electrons. The Morgan fingerprint density at radius 1 is 1.04 bits per heavy atom. The van der Waals surface area contributed by atoms with Gasteiger partial charge in [0.15, 0.2) is 0 Å². The molecule has 2 saturated carbocycles. The molecule has 0 aromatic carbocycles. The Kier molecular flexibility index (Phi) is 8.19. The van der Waals surface area contributed by atoms with Gasteiger partial charge in [0.1, 0.15) is 5.78 Å². The monoisotopic (exact) mass is 339 g/mol. The van der Waals surface area contributed by atoms with Gasteiger partial charge in [0.25, 0.3) is 0 Å². The van der Waals surface area contributed by atoms with Crippen LogP contribution in [-0.2, 0) is 19.1 Å². The predicted octanol–water partition coefficient (Wildman–Crippen LogP) is 2.72. The summed E-state index contributed by atoms with van der Waals surface area (Å²) in [5.74, 6) is 1.89. The molecule has 0 spiro atoms. The minimum absolute atomic E-state index is 0.0474. The molecule has 2 fully saturated rings. The van der Waals surface area contributed by atoms with Crippen molar-refractivity contribution in [3.05, 3.63) is 0 Å². The van der Waals surface area contributed by atoms with Gasteiger partial charge >= 0.3 is 0 Å². The molecule has 0 aliphatic heterocycles. The van der Waals surface area contributed by atoms with Crippen molar-refractivity contribution in [2.24, 2.45) is 17.8 Å². The van der Waals surface area contributed by atoms with Crippen molar-refractivity contribution in [3.8, 4) is 0 Å². The maximum atomic E-state index is 11.9. The first-order chi connectivity index (χ1) is 11.6. The number of Topliss-reactive ketones (excluding diaryl/α,β-unsaturated/α-hetero) is 1. The minimum Gasteiger partial charge on any atom is -0.384 e. The first kappa shape index (κ1) is 19.4. The average Bonchev–Trinajstić information content (AvgIpc) is 2.55. The molecule has 2 rings (SSSR count). The van der Waals surface area contributed by atoms with E-state index in [-0.39, 0.29) is 17.9 Å². The number of hydrogen-bond donors (Lipinski definition) is 1. The lowest BCUT2D eigenvalue weighted by atomic mass is 9.77. The predicted molar refractivity (Wildman–Crippen MR) is 92.7 cm³/mol. The minimum atomic E-state index is 0.0474. The van der Waals surface area contributed by atoms with Crippen molar-refractivity contribution >= 4 is 11.7 Å². The summed E-state index contributed by atoms with van der Waals surface area (Å²) in [6.45, 7) is 4.03. The molecule has 0 atom stereocenters. The number of carbonyl (C=O) groups is 2. The summed E-state index contributed by atoms with van der Waals surface area (Å²) < 4.78 is 10.9. The third kappa shape index (κ3) is 6.17. The highest BCUT2D eigenvalue weighted by Gasteiger charge is 2.34. The van der Waals surface area contributed by atoms with Gasteiger partial charge in [-0.15, -0.1) is 0 Å². The Labute approximate surface area is 145 Å². The number of ketones is 1. The third-order valence-electron chi connectivity index (χ3n) is 5.50. The topological polar surface area (TPSA) is 64.6 Å². The number of ether oxygens (including phenoxy) is 2. The van der Waals surface area contributed by atoms with Crippen LogP contribution in [0.5, 0.6) is 0 Å². The van der Waals surface area contributed by atoms with Gasteiger partial charge < -0.3 is 14.8 Å². The maximum Gasteiger partial charge on any atom is 0.222 e. The van der Waals surface area contributed by atoms with E-state index in [1.165, 1.54) is 25.7 Å². The van der Waals surface area contributed by atoms with Gasteiger partial charge in [-0.25, -0.2) is 0 Å². The summed E-state index contributed by atoms with van der Waals surface area (Å²) in [5.41, 5.74) is 0. The number of hydrogen-bond acceptors (Lipinski definition) is 4. The molecule has 0 aromatic heterocycles. The summed E-state index contributed by atoms with van der Waals surface area (Å²) in [7, 11) is 1.77. The van der Waals surface area contributed by atoms with E-state index in [2.05, 4.69) is 5.32 Å². The van der Waals surface area contributed by atoms with Crippen molar-refractivity contribution < 1.29 is 19.1 Å². The standard InChI is InChI=1S/C19H33NO4/c1-3-18(21)16-10-17(11-16)20-19(22)8-9-24-13-15-6-4-14(5-7-15)12-23-2/h14-17H,3-13H2,1-2H3,(H,20,22). The molecule has 5 heteroatoms. The molecule has 0 unspecified atom stereocenters. The van der Waals surface area contributed by atoms with Crippen LogP contribution in [0.1, 0.15) is 58.3 Å². The fourth-order valence-electron chi connectivity index (χ4n) is 3.80. The molecule has 0 saturated heterocycles. The van der Waals surface area contributed by atoms with Crippen LogP contribution in [-0.4, -0.2) is 44.7 Å². The van der Waals surface area contributed by atoms with Gasteiger partial charge in [-0.2, -0.15) is 0 Å². The Bertz CT molecular complexity index is 398. The lowest BCUT2D eigenvalue weighted by Crippen LogP contribution is -2.46. The van der Waals surface area contributed by atoms with E-state index in [1.807, 2.05) is 6.92 Å². The number of carbonyl (C=O) groups excluding carboxylic acids is 2. The highest BCUT2D eigenvalue weighted by molar-refractivity contribution is 5.82. The van der Waals surface area contributed by atoms with Crippen molar-refractivity contribution in [2.75, 3.05) is 26.9 Å². The second-order valence-electron chi connectivity index (χ2n) is 7.42. The van der Waals surface area contributed by atoms with Gasteiger partial charge in [-0.3, -0.25) is 9.59 Å². The van der Waals surface area contributed by atoms with E-state index in [1.54, 1.807) is 7.11 Å². The Morgan fingerprint density at radius 2 is 1.67 bits per heavy atom. The maximum absolute atomic E-state index is 11.9. The highest BCUT2D eigenvalue weighted by atomic mass is 16.5. The Hall–Kier alpha value is -0.940. The number of nitrogens with one attached hydrogen (secondary N) is 1.